The molecule has 0 saturated carbocycles. The van der Waals surface area contributed by atoms with E-state index in [-0.39, 0.29) is 17.2 Å². The molecule has 4 heteroatoms. The summed E-state index contributed by atoms with van der Waals surface area (Å²) in [7, 11) is 0. The maximum Gasteiger partial charge on any atom is 0.221 e. The van der Waals surface area contributed by atoms with Gasteiger partial charge in [-0.2, -0.15) is 0 Å². The summed E-state index contributed by atoms with van der Waals surface area (Å²) in [6.45, 7) is 1.37. The first kappa shape index (κ1) is 9.25. The lowest BCUT2D eigenvalue weighted by Gasteiger charge is -2.03. The van der Waals surface area contributed by atoms with Crippen LogP contribution in [0.25, 0.3) is 0 Å². The number of aromatic hydroxyl groups is 1. The molecule has 0 spiro atoms. The third-order valence-corrected chi connectivity index (χ3v) is 1.47. The Hall–Kier alpha value is -1.84. The van der Waals surface area contributed by atoms with Crippen LogP contribution in [-0.2, 0) is 4.79 Å². The van der Waals surface area contributed by atoms with E-state index in [1.807, 2.05) is 0 Å². The van der Waals surface area contributed by atoms with Crippen molar-refractivity contribution in [2.75, 3.05) is 5.32 Å². The quantitative estimate of drug-likeness (QED) is 0.529. The number of benzene rings is 1. The predicted octanol–water partition coefficient (Wildman–Crippen LogP) is 1.16. The SMILES string of the molecule is CC(=O)Nc1ccc(O)c(C=O)c1. The van der Waals surface area contributed by atoms with Crippen molar-refractivity contribution in [2.45, 2.75) is 6.92 Å². The van der Waals surface area contributed by atoms with Gasteiger partial charge in [0.1, 0.15) is 5.75 Å². The number of amides is 1. The average Bonchev–Trinajstić information content (AvgIpc) is 2.07. The molecule has 0 bridgehead atoms. The van der Waals surface area contributed by atoms with E-state index in [1.165, 1.54) is 25.1 Å². The van der Waals surface area contributed by atoms with E-state index in [9.17, 15) is 9.59 Å². The lowest BCUT2D eigenvalue weighted by Crippen LogP contribution is -2.05. The highest BCUT2D eigenvalue weighted by Gasteiger charge is 2.01. The molecule has 1 rings (SSSR count). The number of nitrogens with one attached hydrogen (secondary N) is 1. The third kappa shape index (κ3) is 2.30. The minimum atomic E-state index is -0.220. The fourth-order valence-electron chi connectivity index (χ4n) is 0.930. The molecule has 0 aromatic heterocycles. The lowest BCUT2D eigenvalue weighted by molar-refractivity contribution is -0.114. The van der Waals surface area contributed by atoms with E-state index < -0.39 is 0 Å². The van der Waals surface area contributed by atoms with Gasteiger partial charge in [-0.25, -0.2) is 0 Å². The summed E-state index contributed by atoms with van der Waals surface area (Å²) < 4.78 is 0. The van der Waals surface area contributed by atoms with Crippen molar-refractivity contribution in [1.82, 2.24) is 0 Å². The maximum atomic E-state index is 10.6. The van der Waals surface area contributed by atoms with Crippen LogP contribution in [0.5, 0.6) is 5.75 Å². The van der Waals surface area contributed by atoms with Crippen LogP contribution in [0.15, 0.2) is 18.2 Å². The Kier molecular flexibility index (Phi) is 2.64. The van der Waals surface area contributed by atoms with E-state index in [0.29, 0.717) is 12.0 Å². The first-order valence-corrected chi connectivity index (χ1v) is 3.69. The normalized spacial score (nSPS) is 9.31. The zero-order valence-electron chi connectivity index (χ0n) is 7.07. The Bertz CT molecular complexity index is 347. The van der Waals surface area contributed by atoms with Gasteiger partial charge >= 0.3 is 0 Å². The number of carbonyl (C=O) groups is 2. The molecule has 0 atom stereocenters. The van der Waals surface area contributed by atoms with Gasteiger partial charge in [0.25, 0.3) is 0 Å². The molecule has 0 aliphatic carbocycles. The molecule has 0 radical (unpaired) electrons. The molecule has 0 saturated heterocycles. The Morgan fingerprint density at radius 2 is 2.23 bits per heavy atom. The zero-order valence-corrected chi connectivity index (χ0v) is 7.07. The highest BCUT2D eigenvalue weighted by Crippen LogP contribution is 2.19. The molecule has 2 N–H and O–H groups in total. The molecule has 68 valence electrons. The van der Waals surface area contributed by atoms with Gasteiger partial charge in [0.2, 0.25) is 5.91 Å². The van der Waals surface area contributed by atoms with Crippen molar-refractivity contribution in [3.05, 3.63) is 23.8 Å². The van der Waals surface area contributed by atoms with Crippen molar-refractivity contribution in [3.8, 4) is 5.75 Å². The van der Waals surface area contributed by atoms with Crippen LogP contribution in [-0.4, -0.2) is 17.3 Å². The first-order valence-electron chi connectivity index (χ1n) is 3.69. The topological polar surface area (TPSA) is 66.4 Å². The van der Waals surface area contributed by atoms with Gasteiger partial charge in [-0.15, -0.1) is 0 Å². The number of hydrogen-bond donors (Lipinski definition) is 2. The second-order valence-corrected chi connectivity index (χ2v) is 2.57. The van der Waals surface area contributed by atoms with E-state index >= 15 is 0 Å². The summed E-state index contributed by atoms with van der Waals surface area (Å²) in [5, 5.41) is 11.6. The van der Waals surface area contributed by atoms with Gasteiger partial charge < -0.3 is 10.4 Å². The van der Waals surface area contributed by atoms with Gasteiger partial charge in [0, 0.05) is 12.6 Å². The Balaban J connectivity index is 2.99. The monoisotopic (exact) mass is 179 g/mol. The largest absolute Gasteiger partial charge is 0.507 e. The van der Waals surface area contributed by atoms with Crippen LogP contribution in [0.1, 0.15) is 17.3 Å². The van der Waals surface area contributed by atoms with Crippen LogP contribution >= 0.6 is 0 Å². The van der Waals surface area contributed by atoms with Crippen molar-refractivity contribution in [3.63, 3.8) is 0 Å². The lowest BCUT2D eigenvalue weighted by atomic mass is 10.2. The summed E-state index contributed by atoms with van der Waals surface area (Å²) in [5.74, 6) is -0.313. The number of anilines is 1. The summed E-state index contributed by atoms with van der Waals surface area (Å²) >= 11 is 0. The number of phenolic OH excluding ortho intramolecular Hbond substituents is 1. The Morgan fingerprint density at radius 3 is 2.77 bits per heavy atom. The summed E-state index contributed by atoms with van der Waals surface area (Å²) in [6.07, 6.45) is 0.528. The van der Waals surface area contributed by atoms with Crippen LogP contribution in [0.2, 0.25) is 0 Å². The van der Waals surface area contributed by atoms with Crippen LogP contribution < -0.4 is 5.32 Å². The van der Waals surface area contributed by atoms with Gasteiger partial charge in [-0.05, 0) is 18.2 Å². The molecule has 1 aromatic rings. The van der Waals surface area contributed by atoms with Crippen LogP contribution in [0, 0.1) is 0 Å². The number of rotatable bonds is 2. The predicted molar refractivity (Wildman–Crippen MR) is 47.8 cm³/mol. The first-order chi connectivity index (χ1) is 6.13. The molecule has 0 fully saturated rings. The number of aldehydes is 1. The molecule has 0 aliphatic rings. The highest BCUT2D eigenvalue weighted by molar-refractivity contribution is 5.90. The molecule has 0 unspecified atom stereocenters. The van der Waals surface area contributed by atoms with Crippen molar-refractivity contribution >= 4 is 17.9 Å². The highest BCUT2D eigenvalue weighted by atomic mass is 16.3. The summed E-state index contributed by atoms with van der Waals surface area (Å²) in [5.41, 5.74) is 0.652. The third-order valence-electron chi connectivity index (χ3n) is 1.47. The van der Waals surface area contributed by atoms with Crippen molar-refractivity contribution < 1.29 is 14.7 Å². The van der Waals surface area contributed by atoms with Crippen LogP contribution in [0.4, 0.5) is 5.69 Å². The maximum absolute atomic E-state index is 10.6. The fraction of sp³-hybridized carbons (Fsp3) is 0.111. The average molecular weight is 179 g/mol. The molecule has 4 nitrogen and oxygen atoms in total. The molecule has 1 aromatic carbocycles. The van der Waals surface area contributed by atoms with E-state index in [1.54, 1.807) is 0 Å². The van der Waals surface area contributed by atoms with Gasteiger partial charge in [-0.1, -0.05) is 0 Å². The standard InChI is InChI=1S/C9H9NO3/c1-6(12)10-8-2-3-9(13)7(4-8)5-11/h2-5,13H,1H3,(H,10,12). The summed E-state index contributed by atoms with van der Waals surface area (Å²) in [6, 6.07) is 4.28. The van der Waals surface area contributed by atoms with Gasteiger partial charge in [0.05, 0.1) is 5.56 Å². The van der Waals surface area contributed by atoms with Gasteiger partial charge in [0.15, 0.2) is 6.29 Å². The minimum Gasteiger partial charge on any atom is -0.507 e. The molecule has 0 heterocycles. The van der Waals surface area contributed by atoms with Crippen molar-refractivity contribution in [2.24, 2.45) is 0 Å². The van der Waals surface area contributed by atoms with Crippen LogP contribution in [0.3, 0.4) is 0 Å². The Morgan fingerprint density at radius 1 is 1.54 bits per heavy atom. The minimum absolute atomic E-state index is 0.0934. The molecular formula is C9H9NO3. The Labute approximate surface area is 75.2 Å². The smallest absolute Gasteiger partial charge is 0.221 e. The molecule has 1 amide bonds. The fourth-order valence-corrected chi connectivity index (χ4v) is 0.930. The van der Waals surface area contributed by atoms with Gasteiger partial charge in [-0.3, -0.25) is 9.59 Å². The van der Waals surface area contributed by atoms with Crippen molar-refractivity contribution in [1.29, 1.82) is 0 Å². The number of hydrogen-bond acceptors (Lipinski definition) is 3. The van der Waals surface area contributed by atoms with E-state index in [4.69, 9.17) is 5.11 Å². The number of phenols is 1. The molecular weight excluding hydrogens is 170 g/mol. The summed E-state index contributed by atoms with van der Waals surface area (Å²) in [4.78, 5) is 21.0. The molecule has 13 heavy (non-hydrogen) atoms. The number of carbonyl (C=O) groups excluding carboxylic acids is 2. The zero-order chi connectivity index (χ0) is 9.84. The second kappa shape index (κ2) is 3.71. The van der Waals surface area contributed by atoms with E-state index in [0.717, 1.165) is 0 Å². The second-order valence-electron chi connectivity index (χ2n) is 2.57. The van der Waals surface area contributed by atoms with E-state index in [2.05, 4.69) is 5.32 Å². The molecule has 0 aliphatic heterocycles.